The number of hydrogen-bond donors (Lipinski definition) is 2. The molecule has 1 saturated heterocycles. The molecule has 2 heterocycles. The van der Waals surface area contributed by atoms with Gasteiger partial charge in [0.15, 0.2) is 0 Å². The molecule has 0 aliphatic carbocycles. The van der Waals surface area contributed by atoms with Crippen molar-refractivity contribution in [1.82, 2.24) is 15.2 Å². The van der Waals surface area contributed by atoms with Gasteiger partial charge in [-0.15, -0.1) is 0 Å². The summed E-state index contributed by atoms with van der Waals surface area (Å²) in [6.07, 6.45) is 2.07. The van der Waals surface area contributed by atoms with E-state index in [0.717, 1.165) is 12.3 Å². The summed E-state index contributed by atoms with van der Waals surface area (Å²) in [6.45, 7) is 2.91. The van der Waals surface area contributed by atoms with Crippen LogP contribution in [0.5, 0.6) is 0 Å². The molecule has 114 valence electrons. The minimum Gasteiger partial charge on any atom is -0.370 e. The Kier molecular flexibility index (Phi) is 4.72. The Balaban J connectivity index is 2.09. The predicted octanol–water partition coefficient (Wildman–Crippen LogP) is 1.00. The van der Waals surface area contributed by atoms with E-state index in [1.54, 1.807) is 11.9 Å². The second-order valence-corrected chi connectivity index (χ2v) is 5.06. The lowest BCUT2D eigenvalue weighted by atomic mass is 10.1. The summed E-state index contributed by atoms with van der Waals surface area (Å²) in [7, 11) is 1.70. The van der Waals surface area contributed by atoms with Crippen LogP contribution in [0, 0.1) is 5.82 Å². The molecule has 1 aliphatic heterocycles. The lowest BCUT2D eigenvalue weighted by molar-refractivity contribution is -0.132. The number of carbonyl (C=O) groups is 2. The average Bonchev–Trinajstić information content (AvgIpc) is 2.45. The molecular weight excluding hydrogens is 275 g/mol. The van der Waals surface area contributed by atoms with Gasteiger partial charge in [0.05, 0.1) is 11.8 Å². The monoisotopic (exact) mass is 294 g/mol. The van der Waals surface area contributed by atoms with E-state index in [4.69, 9.17) is 0 Å². The number of likely N-dealkylation sites (tertiary alicyclic amines) is 1. The van der Waals surface area contributed by atoms with Crippen LogP contribution >= 0.6 is 0 Å². The number of nitrogens with zero attached hydrogens (tertiary/aromatic N) is 2. The maximum Gasteiger partial charge on any atom is 0.255 e. The number of halogens is 1. The predicted molar refractivity (Wildman–Crippen MR) is 76.5 cm³/mol. The van der Waals surface area contributed by atoms with Crippen LogP contribution in [0.1, 0.15) is 30.1 Å². The van der Waals surface area contributed by atoms with Gasteiger partial charge in [-0.05, 0) is 19.4 Å². The van der Waals surface area contributed by atoms with E-state index in [2.05, 4.69) is 15.6 Å². The molecular formula is C14H19FN4O2. The quantitative estimate of drug-likeness (QED) is 0.869. The summed E-state index contributed by atoms with van der Waals surface area (Å²) < 4.78 is 13.3. The number of aromatic nitrogens is 1. The van der Waals surface area contributed by atoms with Gasteiger partial charge in [0.25, 0.3) is 5.91 Å². The van der Waals surface area contributed by atoms with Crippen molar-refractivity contribution < 1.29 is 14.0 Å². The first kappa shape index (κ1) is 15.2. The average molecular weight is 294 g/mol. The molecule has 0 saturated carbocycles. The van der Waals surface area contributed by atoms with E-state index in [-0.39, 0.29) is 23.4 Å². The summed E-state index contributed by atoms with van der Waals surface area (Å²) in [5, 5.41) is 5.77. The van der Waals surface area contributed by atoms with Gasteiger partial charge < -0.3 is 15.5 Å². The van der Waals surface area contributed by atoms with Crippen LogP contribution in [0.3, 0.4) is 0 Å². The Labute approximate surface area is 122 Å². The van der Waals surface area contributed by atoms with E-state index < -0.39 is 5.82 Å². The molecule has 2 amide bonds. The number of amides is 2. The Hall–Kier alpha value is -2.18. The summed E-state index contributed by atoms with van der Waals surface area (Å²) >= 11 is 0. The number of likely N-dealkylation sites (N-methyl/N-ethyl adjacent to an activating group) is 1. The van der Waals surface area contributed by atoms with Gasteiger partial charge in [-0.1, -0.05) is 0 Å². The summed E-state index contributed by atoms with van der Waals surface area (Å²) in [5.41, 5.74) is 0.177. The normalized spacial score (nSPS) is 18.5. The van der Waals surface area contributed by atoms with Crippen molar-refractivity contribution in [1.29, 1.82) is 0 Å². The Morgan fingerprint density at radius 2 is 2.33 bits per heavy atom. The largest absolute Gasteiger partial charge is 0.370 e. The molecule has 0 aromatic carbocycles. The van der Waals surface area contributed by atoms with Gasteiger partial charge in [0, 0.05) is 32.6 Å². The highest BCUT2D eigenvalue weighted by Crippen LogP contribution is 2.15. The molecule has 1 aliphatic rings. The van der Waals surface area contributed by atoms with Gasteiger partial charge in [-0.25, -0.2) is 9.37 Å². The first-order valence-electron chi connectivity index (χ1n) is 6.95. The van der Waals surface area contributed by atoms with Crippen LogP contribution in [-0.4, -0.2) is 47.9 Å². The molecule has 1 unspecified atom stereocenters. The number of carbonyl (C=O) groups excluding carboxylic acids is 2. The van der Waals surface area contributed by atoms with Gasteiger partial charge >= 0.3 is 0 Å². The summed E-state index contributed by atoms with van der Waals surface area (Å²) in [5.74, 6) is -0.513. The SMILES string of the molecule is CCNc1ncc(F)cc1C(=O)NC1CCC(=O)N(C)C1. The maximum atomic E-state index is 13.3. The molecule has 2 rings (SSSR count). The molecule has 1 aromatic heterocycles. The fourth-order valence-electron chi connectivity index (χ4n) is 2.31. The second-order valence-electron chi connectivity index (χ2n) is 5.06. The third kappa shape index (κ3) is 3.68. The highest BCUT2D eigenvalue weighted by atomic mass is 19.1. The molecule has 6 nitrogen and oxygen atoms in total. The zero-order valence-electron chi connectivity index (χ0n) is 12.1. The van der Waals surface area contributed by atoms with Crippen molar-refractivity contribution >= 4 is 17.6 Å². The first-order valence-corrected chi connectivity index (χ1v) is 6.95. The number of pyridine rings is 1. The van der Waals surface area contributed by atoms with Crippen molar-refractivity contribution in [2.45, 2.75) is 25.8 Å². The standard InChI is InChI=1S/C14H19FN4O2/c1-3-16-13-11(6-9(15)7-17-13)14(21)18-10-4-5-12(20)19(2)8-10/h6-7,10H,3-5,8H2,1-2H3,(H,16,17)(H,18,21). The number of nitrogens with one attached hydrogen (secondary N) is 2. The molecule has 0 radical (unpaired) electrons. The molecule has 1 aromatic rings. The molecule has 1 atom stereocenters. The van der Waals surface area contributed by atoms with Crippen molar-refractivity contribution in [3.8, 4) is 0 Å². The van der Waals surface area contributed by atoms with Crippen LogP contribution in [0.25, 0.3) is 0 Å². The van der Waals surface area contributed by atoms with Crippen LogP contribution in [0.15, 0.2) is 12.3 Å². The number of rotatable bonds is 4. The minimum atomic E-state index is -0.558. The Bertz CT molecular complexity index is 550. The van der Waals surface area contributed by atoms with E-state index in [0.29, 0.717) is 31.7 Å². The van der Waals surface area contributed by atoms with Crippen LogP contribution < -0.4 is 10.6 Å². The third-order valence-electron chi connectivity index (χ3n) is 3.41. The number of piperidine rings is 1. The lowest BCUT2D eigenvalue weighted by Crippen LogP contribution is -2.48. The van der Waals surface area contributed by atoms with Gasteiger partial charge in [-0.2, -0.15) is 0 Å². The van der Waals surface area contributed by atoms with E-state index in [9.17, 15) is 14.0 Å². The molecule has 0 bridgehead atoms. The summed E-state index contributed by atoms with van der Waals surface area (Å²) in [6, 6.07) is 1.04. The summed E-state index contributed by atoms with van der Waals surface area (Å²) in [4.78, 5) is 29.2. The van der Waals surface area contributed by atoms with Crippen molar-refractivity contribution in [3.05, 3.63) is 23.6 Å². The Morgan fingerprint density at radius 1 is 1.57 bits per heavy atom. The molecule has 1 fully saturated rings. The van der Waals surface area contributed by atoms with Crippen LogP contribution in [0.4, 0.5) is 10.2 Å². The lowest BCUT2D eigenvalue weighted by Gasteiger charge is -2.30. The molecule has 21 heavy (non-hydrogen) atoms. The second kappa shape index (κ2) is 6.51. The van der Waals surface area contributed by atoms with Crippen LogP contribution in [0.2, 0.25) is 0 Å². The molecule has 0 spiro atoms. The van der Waals surface area contributed by atoms with Crippen LogP contribution in [-0.2, 0) is 4.79 Å². The first-order chi connectivity index (χ1) is 10.0. The molecule has 7 heteroatoms. The smallest absolute Gasteiger partial charge is 0.255 e. The topological polar surface area (TPSA) is 74.3 Å². The van der Waals surface area contributed by atoms with Crippen molar-refractivity contribution in [2.75, 3.05) is 25.5 Å². The zero-order valence-corrected chi connectivity index (χ0v) is 12.1. The zero-order chi connectivity index (χ0) is 15.4. The minimum absolute atomic E-state index is 0.0706. The van der Waals surface area contributed by atoms with E-state index >= 15 is 0 Å². The fraction of sp³-hybridized carbons (Fsp3) is 0.500. The number of hydrogen-bond acceptors (Lipinski definition) is 4. The molecule has 2 N–H and O–H groups in total. The highest BCUT2D eigenvalue weighted by Gasteiger charge is 2.25. The fourth-order valence-corrected chi connectivity index (χ4v) is 2.31. The third-order valence-corrected chi connectivity index (χ3v) is 3.41. The maximum absolute atomic E-state index is 13.3. The van der Waals surface area contributed by atoms with Gasteiger partial charge in [0.1, 0.15) is 11.6 Å². The van der Waals surface area contributed by atoms with E-state index in [1.807, 2.05) is 6.92 Å². The van der Waals surface area contributed by atoms with Crippen molar-refractivity contribution in [3.63, 3.8) is 0 Å². The van der Waals surface area contributed by atoms with Crippen molar-refractivity contribution in [2.24, 2.45) is 0 Å². The number of anilines is 1. The van der Waals surface area contributed by atoms with Gasteiger partial charge in [0.2, 0.25) is 5.91 Å². The Morgan fingerprint density at radius 3 is 3.00 bits per heavy atom. The van der Waals surface area contributed by atoms with E-state index in [1.165, 1.54) is 0 Å². The van der Waals surface area contributed by atoms with Gasteiger partial charge in [-0.3, -0.25) is 9.59 Å². The highest BCUT2D eigenvalue weighted by molar-refractivity contribution is 5.99.